The Hall–Kier alpha value is -1.69. The Balaban J connectivity index is 2.38. The third-order valence-electron chi connectivity index (χ3n) is 3.76. The third-order valence-corrected chi connectivity index (χ3v) is 4.92. The highest BCUT2D eigenvalue weighted by Crippen LogP contribution is 2.42. The zero-order valence-electron chi connectivity index (χ0n) is 10.8. The highest BCUT2D eigenvalue weighted by Gasteiger charge is 2.34. The molecule has 19 heavy (non-hydrogen) atoms. The van der Waals surface area contributed by atoms with Crippen LogP contribution in [0.5, 0.6) is 0 Å². The highest BCUT2D eigenvalue weighted by atomic mass is 32.1. The summed E-state index contributed by atoms with van der Waals surface area (Å²) in [6, 6.07) is 0. The number of hydrogen-bond acceptors (Lipinski definition) is 4. The molecule has 1 N–H and O–H groups in total. The average Bonchev–Trinajstić information content (AvgIpc) is 2.91. The molecule has 5 nitrogen and oxygen atoms in total. The van der Waals surface area contributed by atoms with Crippen molar-refractivity contribution in [1.82, 2.24) is 9.55 Å². The minimum absolute atomic E-state index is 0.118. The van der Waals surface area contributed by atoms with E-state index in [1.807, 2.05) is 6.92 Å². The molecule has 100 valence electrons. The molecule has 2 aromatic heterocycles. The molecule has 0 saturated heterocycles. The summed E-state index contributed by atoms with van der Waals surface area (Å²) in [5, 5.41) is 9.79. The van der Waals surface area contributed by atoms with E-state index in [-0.39, 0.29) is 5.56 Å². The number of carboxylic acid groups (broad SMARTS) is 1. The average molecular weight is 278 g/mol. The first-order valence-corrected chi connectivity index (χ1v) is 7.10. The molecule has 3 rings (SSSR count). The van der Waals surface area contributed by atoms with Gasteiger partial charge in [-0.05, 0) is 18.4 Å². The Morgan fingerprint density at radius 3 is 2.95 bits per heavy atom. The molecule has 0 aliphatic heterocycles. The number of aromatic nitrogens is 2. The normalized spacial score (nSPS) is 17.9. The maximum atomic E-state index is 12.4. The molecule has 0 radical (unpaired) electrons. The van der Waals surface area contributed by atoms with Gasteiger partial charge in [-0.2, -0.15) is 0 Å². The summed E-state index contributed by atoms with van der Waals surface area (Å²) in [5.41, 5.74) is 0.593. The van der Waals surface area contributed by atoms with Crippen LogP contribution in [-0.4, -0.2) is 20.6 Å². The fourth-order valence-electron chi connectivity index (χ4n) is 2.78. The number of carbonyl (C=O) groups is 1. The van der Waals surface area contributed by atoms with Gasteiger partial charge in [0.15, 0.2) is 0 Å². The SMILES string of the molecule is CCc1nc2sc3c(c2c(=O)n1C)C(C(=O)O)CC3. The number of aliphatic carboxylic acids is 1. The van der Waals surface area contributed by atoms with E-state index in [9.17, 15) is 14.7 Å². The summed E-state index contributed by atoms with van der Waals surface area (Å²) in [7, 11) is 1.70. The van der Waals surface area contributed by atoms with Crippen molar-refractivity contribution in [3.05, 3.63) is 26.6 Å². The molecular formula is C13H14N2O3S. The van der Waals surface area contributed by atoms with Gasteiger partial charge in [0.25, 0.3) is 5.56 Å². The van der Waals surface area contributed by atoms with Gasteiger partial charge in [-0.3, -0.25) is 14.2 Å². The van der Waals surface area contributed by atoms with Crippen LogP contribution in [0.1, 0.15) is 35.5 Å². The van der Waals surface area contributed by atoms with Crippen molar-refractivity contribution in [2.24, 2.45) is 7.05 Å². The van der Waals surface area contributed by atoms with Gasteiger partial charge in [0.1, 0.15) is 10.7 Å². The van der Waals surface area contributed by atoms with Crippen LogP contribution < -0.4 is 5.56 Å². The van der Waals surface area contributed by atoms with Gasteiger partial charge in [-0.1, -0.05) is 6.92 Å². The van der Waals surface area contributed by atoms with Gasteiger partial charge in [0.2, 0.25) is 0 Å². The van der Waals surface area contributed by atoms with Gasteiger partial charge >= 0.3 is 5.97 Å². The fraction of sp³-hybridized carbons (Fsp3) is 0.462. The topological polar surface area (TPSA) is 72.2 Å². The minimum atomic E-state index is -0.847. The van der Waals surface area contributed by atoms with Gasteiger partial charge in [0, 0.05) is 18.3 Å². The summed E-state index contributed by atoms with van der Waals surface area (Å²) >= 11 is 1.47. The van der Waals surface area contributed by atoms with Crippen LogP contribution in [0.3, 0.4) is 0 Å². The molecule has 0 bridgehead atoms. The van der Waals surface area contributed by atoms with Crippen LogP contribution in [0, 0.1) is 0 Å². The van der Waals surface area contributed by atoms with E-state index in [1.165, 1.54) is 15.9 Å². The summed E-state index contributed by atoms with van der Waals surface area (Å²) in [4.78, 5) is 29.9. The molecule has 0 amide bonds. The number of fused-ring (bicyclic) bond motifs is 3. The predicted octanol–water partition coefficient (Wildman–Crippen LogP) is 1.67. The van der Waals surface area contributed by atoms with E-state index in [2.05, 4.69) is 4.98 Å². The largest absolute Gasteiger partial charge is 0.481 e. The Morgan fingerprint density at radius 1 is 1.58 bits per heavy atom. The lowest BCUT2D eigenvalue weighted by Crippen LogP contribution is -2.23. The lowest BCUT2D eigenvalue weighted by molar-refractivity contribution is -0.138. The maximum absolute atomic E-state index is 12.4. The van der Waals surface area contributed by atoms with E-state index in [0.29, 0.717) is 28.6 Å². The van der Waals surface area contributed by atoms with Crippen LogP contribution in [-0.2, 0) is 24.7 Å². The molecule has 0 saturated carbocycles. The van der Waals surface area contributed by atoms with Crippen molar-refractivity contribution in [3.8, 4) is 0 Å². The van der Waals surface area contributed by atoms with Crippen LogP contribution in [0.4, 0.5) is 0 Å². The molecule has 2 heterocycles. The van der Waals surface area contributed by atoms with E-state index in [1.54, 1.807) is 7.05 Å². The first kappa shape index (κ1) is 12.3. The summed E-state index contributed by atoms with van der Waals surface area (Å²) in [5.74, 6) is -0.657. The van der Waals surface area contributed by atoms with Crippen molar-refractivity contribution in [2.45, 2.75) is 32.1 Å². The van der Waals surface area contributed by atoms with Crippen LogP contribution in [0.25, 0.3) is 10.2 Å². The molecule has 0 fully saturated rings. The van der Waals surface area contributed by atoms with Gasteiger partial charge in [0.05, 0.1) is 11.3 Å². The zero-order valence-corrected chi connectivity index (χ0v) is 11.6. The molecule has 6 heteroatoms. The van der Waals surface area contributed by atoms with Crippen LogP contribution in [0.15, 0.2) is 4.79 Å². The monoisotopic (exact) mass is 278 g/mol. The van der Waals surface area contributed by atoms with Crippen molar-refractivity contribution < 1.29 is 9.90 Å². The Kier molecular flexibility index (Phi) is 2.70. The molecule has 1 unspecified atom stereocenters. The van der Waals surface area contributed by atoms with Crippen LogP contribution >= 0.6 is 11.3 Å². The van der Waals surface area contributed by atoms with Crippen molar-refractivity contribution in [2.75, 3.05) is 0 Å². The van der Waals surface area contributed by atoms with E-state index >= 15 is 0 Å². The number of aryl methyl sites for hydroxylation is 2. The van der Waals surface area contributed by atoms with Crippen molar-refractivity contribution in [1.29, 1.82) is 0 Å². The summed E-state index contributed by atoms with van der Waals surface area (Å²) in [6.07, 6.45) is 2.01. The standard InChI is InChI=1S/C13H14N2O3S/c1-3-8-14-11-10(12(16)15(8)2)9-6(13(17)18)4-5-7(9)19-11/h6H,3-5H2,1-2H3,(H,17,18). The fourth-order valence-corrected chi connectivity index (χ4v) is 4.04. The zero-order chi connectivity index (χ0) is 13.7. The second-order valence-corrected chi connectivity index (χ2v) is 5.88. The summed E-state index contributed by atoms with van der Waals surface area (Å²) < 4.78 is 1.53. The lowest BCUT2D eigenvalue weighted by Gasteiger charge is -2.07. The van der Waals surface area contributed by atoms with Crippen molar-refractivity contribution in [3.63, 3.8) is 0 Å². The molecule has 2 aromatic rings. The lowest BCUT2D eigenvalue weighted by atomic mass is 10.0. The Bertz CT molecular complexity index is 744. The molecule has 0 spiro atoms. The quantitative estimate of drug-likeness (QED) is 0.907. The second kappa shape index (κ2) is 4.16. The van der Waals surface area contributed by atoms with Crippen molar-refractivity contribution >= 4 is 27.5 Å². The Labute approximate surface area is 113 Å². The summed E-state index contributed by atoms with van der Waals surface area (Å²) in [6.45, 7) is 1.95. The number of carboxylic acids is 1. The number of nitrogens with zero attached hydrogens (tertiary/aromatic N) is 2. The number of thiophene rings is 1. The first-order valence-electron chi connectivity index (χ1n) is 6.28. The molecule has 1 atom stereocenters. The second-order valence-electron chi connectivity index (χ2n) is 4.79. The molecule has 1 aliphatic carbocycles. The first-order chi connectivity index (χ1) is 9.04. The van der Waals surface area contributed by atoms with Gasteiger partial charge < -0.3 is 5.11 Å². The highest BCUT2D eigenvalue weighted by molar-refractivity contribution is 7.18. The molecule has 1 aliphatic rings. The predicted molar refractivity (Wildman–Crippen MR) is 72.9 cm³/mol. The smallest absolute Gasteiger partial charge is 0.311 e. The number of rotatable bonds is 2. The van der Waals surface area contributed by atoms with E-state index in [4.69, 9.17) is 0 Å². The maximum Gasteiger partial charge on any atom is 0.311 e. The third kappa shape index (κ3) is 1.63. The van der Waals surface area contributed by atoms with Gasteiger partial charge in [-0.15, -0.1) is 11.3 Å². The molecule has 0 aromatic carbocycles. The Morgan fingerprint density at radius 2 is 2.32 bits per heavy atom. The van der Waals surface area contributed by atoms with E-state index in [0.717, 1.165) is 17.1 Å². The number of hydrogen-bond donors (Lipinski definition) is 1. The molecular weight excluding hydrogens is 264 g/mol. The van der Waals surface area contributed by atoms with E-state index < -0.39 is 11.9 Å². The minimum Gasteiger partial charge on any atom is -0.481 e. The van der Waals surface area contributed by atoms with Gasteiger partial charge in [-0.25, -0.2) is 4.98 Å². The van der Waals surface area contributed by atoms with Crippen LogP contribution in [0.2, 0.25) is 0 Å².